The minimum atomic E-state index is -0.315. The molecule has 0 radical (unpaired) electrons. The summed E-state index contributed by atoms with van der Waals surface area (Å²) >= 11 is 0. The molecule has 1 heterocycles. The molecule has 5 heteroatoms. The zero-order valence-electron chi connectivity index (χ0n) is 12.9. The van der Waals surface area contributed by atoms with E-state index in [1.807, 2.05) is 25.7 Å². The van der Waals surface area contributed by atoms with Gasteiger partial charge >= 0.3 is 5.69 Å². The van der Waals surface area contributed by atoms with E-state index in [9.17, 15) is 9.59 Å². The first-order valence-electron chi connectivity index (χ1n) is 6.74. The third kappa shape index (κ3) is 2.76. The van der Waals surface area contributed by atoms with Crippen LogP contribution in [0, 0.1) is 0 Å². The van der Waals surface area contributed by atoms with Crippen molar-refractivity contribution in [3.05, 3.63) is 44.6 Å². The number of hydrogen-bond acceptors (Lipinski definition) is 3. The predicted molar refractivity (Wildman–Crippen MR) is 84.3 cm³/mol. The summed E-state index contributed by atoms with van der Waals surface area (Å²) in [5.74, 6) is 0.657. The maximum absolute atomic E-state index is 12.4. The number of nitrogens with zero attached hydrogens (tertiary/aromatic N) is 3. The van der Waals surface area contributed by atoms with Crippen LogP contribution in [0.2, 0.25) is 0 Å². The molecule has 0 aliphatic heterocycles. The molecule has 1 rings (SSSR count). The Hall–Kier alpha value is -2.04. The summed E-state index contributed by atoms with van der Waals surface area (Å²) in [7, 11) is 3.19. The average molecular weight is 277 g/mol. The summed E-state index contributed by atoms with van der Waals surface area (Å²) < 4.78 is 2.66. The van der Waals surface area contributed by atoms with Gasteiger partial charge < -0.3 is 4.90 Å². The fraction of sp³-hybridized carbons (Fsp3) is 0.467. The molecule has 110 valence electrons. The summed E-state index contributed by atoms with van der Waals surface area (Å²) in [5, 5.41) is 0. The van der Waals surface area contributed by atoms with Crippen LogP contribution < -0.4 is 16.1 Å². The van der Waals surface area contributed by atoms with Crippen LogP contribution in [0.1, 0.15) is 26.3 Å². The van der Waals surface area contributed by atoms with Crippen LogP contribution in [0.25, 0.3) is 6.08 Å². The van der Waals surface area contributed by atoms with Crippen molar-refractivity contribution < 1.29 is 0 Å². The van der Waals surface area contributed by atoms with E-state index in [0.717, 1.165) is 23.2 Å². The maximum atomic E-state index is 12.4. The van der Waals surface area contributed by atoms with Crippen LogP contribution in [-0.2, 0) is 14.1 Å². The average Bonchev–Trinajstić information content (AvgIpc) is 2.46. The van der Waals surface area contributed by atoms with Crippen molar-refractivity contribution in [1.29, 1.82) is 0 Å². The zero-order chi connectivity index (χ0) is 15.4. The molecular formula is C15H23N3O2. The van der Waals surface area contributed by atoms with Crippen LogP contribution in [0.3, 0.4) is 0 Å². The Morgan fingerprint density at radius 3 is 2.20 bits per heavy atom. The van der Waals surface area contributed by atoms with E-state index in [4.69, 9.17) is 0 Å². The van der Waals surface area contributed by atoms with Gasteiger partial charge in [-0.25, -0.2) is 4.79 Å². The Bertz CT molecular complexity index is 646. The van der Waals surface area contributed by atoms with Crippen molar-refractivity contribution in [2.45, 2.75) is 20.8 Å². The zero-order valence-corrected chi connectivity index (χ0v) is 12.9. The molecule has 5 nitrogen and oxygen atoms in total. The van der Waals surface area contributed by atoms with Gasteiger partial charge in [-0.1, -0.05) is 18.2 Å². The Labute approximate surface area is 119 Å². The third-order valence-electron chi connectivity index (χ3n) is 3.42. The molecule has 1 aromatic heterocycles. The smallest absolute Gasteiger partial charge is 0.332 e. The minimum Gasteiger partial charge on any atom is -0.358 e. The molecule has 0 saturated heterocycles. The summed E-state index contributed by atoms with van der Waals surface area (Å²) in [4.78, 5) is 26.5. The Balaban J connectivity index is 3.83. The fourth-order valence-electron chi connectivity index (χ4n) is 2.18. The minimum absolute atomic E-state index is 0.281. The molecule has 20 heavy (non-hydrogen) atoms. The molecule has 0 atom stereocenters. The van der Waals surface area contributed by atoms with Gasteiger partial charge in [0, 0.05) is 27.2 Å². The van der Waals surface area contributed by atoms with Gasteiger partial charge in [0.15, 0.2) is 0 Å². The first kappa shape index (κ1) is 16.0. The lowest BCUT2D eigenvalue weighted by atomic mass is 10.1. The number of allylic oxidation sites excluding steroid dienone is 2. The van der Waals surface area contributed by atoms with Crippen molar-refractivity contribution in [1.82, 2.24) is 9.13 Å². The standard InChI is InChI=1S/C15H23N3O2/c1-7-11(4)10-12-13(18(8-2)9-3)16(5)15(20)17(6)14(12)19/h7,10H,1,8-9H2,2-6H3/b11-10+. The molecular weight excluding hydrogens is 254 g/mol. The van der Waals surface area contributed by atoms with Gasteiger partial charge in [-0.3, -0.25) is 13.9 Å². The van der Waals surface area contributed by atoms with Crippen molar-refractivity contribution in [3.63, 3.8) is 0 Å². The van der Waals surface area contributed by atoms with Crippen molar-refractivity contribution >= 4 is 11.9 Å². The highest BCUT2D eigenvalue weighted by Gasteiger charge is 2.17. The highest BCUT2D eigenvalue weighted by molar-refractivity contribution is 5.66. The van der Waals surface area contributed by atoms with Crippen LogP contribution >= 0.6 is 0 Å². The van der Waals surface area contributed by atoms with E-state index >= 15 is 0 Å². The van der Waals surface area contributed by atoms with E-state index in [0.29, 0.717) is 11.4 Å². The second-order valence-electron chi connectivity index (χ2n) is 4.71. The SMILES string of the molecule is C=C/C(C)=C/c1c(N(CC)CC)n(C)c(=O)n(C)c1=O. The molecule has 0 N–H and O–H groups in total. The lowest BCUT2D eigenvalue weighted by Gasteiger charge is -2.25. The highest BCUT2D eigenvalue weighted by Crippen LogP contribution is 2.18. The van der Waals surface area contributed by atoms with Gasteiger partial charge in [-0.15, -0.1) is 0 Å². The van der Waals surface area contributed by atoms with E-state index < -0.39 is 0 Å². The molecule has 1 aromatic rings. The molecule has 0 bridgehead atoms. The highest BCUT2D eigenvalue weighted by atomic mass is 16.2. The van der Waals surface area contributed by atoms with Crippen LogP contribution in [0.4, 0.5) is 5.82 Å². The van der Waals surface area contributed by atoms with E-state index in [1.54, 1.807) is 19.2 Å². The fourth-order valence-corrected chi connectivity index (χ4v) is 2.18. The predicted octanol–water partition coefficient (Wildman–Crippen LogP) is 1.52. The first-order valence-corrected chi connectivity index (χ1v) is 6.74. The molecule has 0 aliphatic rings. The molecule has 0 saturated carbocycles. The largest absolute Gasteiger partial charge is 0.358 e. The van der Waals surface area contributed by atoms with E-state index in [-0.39, 0.29) is 11.2 Å². The number of anilines is 1. The number of rotatable bonds is 5. The Kier molecular flexibility index (Phi) is 5.13. The number of aromatic nitrogens is 2. The van der Waals surface area contributed by atoms with Gasteiger partial charge in [0.05, 0.1) is 5.56 Å². The van der Waals surface area contributed by atoms with Crippen LogP contribution in [0.5, 0.6) is 0 Å². The summed E-state index contributed by atoms with van der Waals surface area (Å²) in [6.45, 7) is 11.0. The van der Waals surface area contributed by atoms with Gasteiger partial charge in [0.1, 0.15) is 5.82 Å². The third-order valence-corrected chi connectivity index (χ3v) is 3.42. The van der Waals surface area contributed by atoms with Crippen LogP contribution in [-0.4, -0.2) is 22.2 Å². The van der Waals surface area contributed by atoms with Gasteiger partial charge in [0.25, 0.3) is 5.56 Å². The molecule has 0 spiro atoms. The maximum Gasteiger partial charge on any atom is 0.332 e. The van der Waals surface area contributed by atoms with Gasteiger partial charge in [-0.05, 0) is 26.8 Å². The topological polar surface area (TPSA) is 47.2 Å². The van der Waals surface area contributed by atoms with Crippen LogP contribution in [0.15, 0.2) is 27.8 Å². The molecule has 0 unspecified atom stereocenters. The van der Waals surface area contributed by atoms with Gasteiger partial charge in [-0.2, -0.15) is 0 Å². The van der Waals surface area contributed by atoms with Crippen molar-refractivity contribution in [2.24, 2.45) is 14.1 Å². The number of hydrogen-bond donors (Lipinski definition) is 0. The van der Waals surface area contributed by atoms with E-state index in [1.165, 1.54) is 11.6 Å². The summed E-state index contributed by atoms with van der Waals surface area (Å²) in [5.41, 5.74) is 0.811. The Morgan fingerprint density at radius 1 is 1.20 bits per heavy atom. The molecule has 0 aliphatic carbocycles. The van der Waals surface area contributed by atoms with Crippen molar-refractivity contribution in [3.8, 4) is 0 Å². The molecule has 0 fully saturated rings. The Morgan fingerprint density at radius 2 is 1.75 bits per heavy atom. The second-order valence-corrected chi connectivity index (χ2v) is 4.71. The normalized spacial score (nSPS) is 11.6. The summed E-state index contributed by atoms with van der Waals surface area (Å²) in [6, 6.07) is 0. The lowest BCUT2D eigenvalue weighted by Crippen LogP contribution is -2.42. The van der Waals surface area contributed by atoms with Gasteiger partial charge in [0.2, 0.25) is 0 Å². The lowest BCUT2D eigenvalue weighted by molar-refractivity contribution is 0.662. The second kappa shape index (κ2) is 6.41. The van der Waals surface area contributed by atoms with E-state index in [2.05, 4.69) is 6.58 Å². The first-order chi connectivity index (χ1) is 9.38. The molecule has 0 aromatic carbocycles. The van der Waals surface area contributed by atoms with Crippen molar-refractivity contribution in [2.75, 3.05) is 18.0 Å². The molecule has 0 amide bonds. The monoisotopic (exact) mass is 277 g/mol. The quantitative estimate of drug-likeness (QED) is 0.767. The summed E-state index contributed by atoms with van der Waals surface area (Å²) in [6.07, 6.45) is 3.47.